The molecule has 0 aliphatic rings. The predicted octanol–water partition coefficient (Wildman–Crippen LogP) is 2.06. The van der Waals surface area contributed by atoms with E-state index in [1.165, 1.54) is 23.0 Å². The first-order valence-corrected chi connectivity index (χ1v) is 6.90. The van der Waals surface area contributed by atoms with E-state index in [0.29, 0.717) is 16.5 Å². The molecule has 0 fully saturated rings. The Labute approximate surface area is 126 Å². The Morgan fingerprint density at radius 2 is 1.76 bits per heavy atom. The number of nitrogen functional groups attached to an aromatic ring is 1. The predicted molar refractivity (Wildman–Crippen MR) is 80.4 cm³/mol. The van der Waals surface area contributed by atoms with E-state index < -0.39 is 0 Å². The summed E-state index contributed by atoms with van der Waals surface area (Å²) in [6.07, 6.45) is 1.39. The zero-order valence-electron chi connectivity index (χ0n) is 11.1. The average molecular weight is 296 g/mol. The minimum Gasteiger partial charge on any atom is -0.394 e. The van der Waals surface area contributed by atoms with Crippen LogP contribution in [0, 0.1) is 22.7 Å². The highest BCUT2D eigenvalue weighted by Crippen LogP contribution is 2.33. The topological polar surface area (TPSA) is 103 Å². The molecule has 0 bridgehead atoms. The van der Waals surface area contributed by atoms with Crippen molar-refractivity contribution in [2.24, 2.45) is 0 Å². The Hall–Kier alpha value is -2.77. The van der Waals surface area contributed by atoms with E-state index in [2.05, 4.69) is 9.97 Å². The van der Waals surface area contributed by atoms with Gasteiger partial charge in [0.1, 0.15) is 30.1 Å². The van der Waals surface area contributed by atoms with E-state index >= 15 is 0 Å². The van der Waals surface area contributed by atoms with E-state index in [1.54, 1.807) is 0 Å². The van der Waals surface area contributed by atoms with Gasteiger partial charge in [0.05, 0.1) is 12.1 Å². The quantitative estimate of drug-likeness (QED) is 0.665. The van der Waals surface area contributed by atoms with Gasteiger partial charge in [-0.25, -0.2) is 9.97 Å². The highest BCUT2D eigenvalue weighted by atomic mass is 32.2. The zero-order valence-corrected chi connectivity index (χ0v) is 11.9. The molecule has 7 heteroatoms. The molecule has 0 aliphatic heterocycles. The van der Waals surface area contributed by atoms with E-state index in [-0.39, 0.29) is 13.1 Å². The third-order valence-electron chi connectivity index (χ3n) is 2.61. The number of nitrogens with two attached hydrogens (primary N) is 1. The maximum atomic E-state index is 8.83. The molecule has 1 heterocycles. The Morgan fingerprint density at radius 1 is 1.10 bits per heavy atom. The Morgan fingerprint density at radius 3 is 2.38 bits per heavy atom. The maximum absolute atomic E-state index is 8.83. The van der Waals surface area contributed by atoms with Crippen LogP contribution in [0.4, 0.5) is 11.5 Å². The van der Waals surface area contributed by atoms with Crippen molar-refractivity contribution in [2.45, 2.75) is 9.92 Å². The number of aromatic nitrogens is 2. The first-order valence-electron chi connectivity index (χ1n) is 6.08. The van der Waals surface area contributed by atoms with Crippen LogP contribution in [0.15, 0.2) is 46.6 Å². The summed E-state index contributed by atoms with van der Waals surface area (Å²) in [5.41, 5.74) is 6.46. The van der Waals surface area contributed by atoms with Gasteiger partial charge < -0.3 is 10.6 Å². The summed E-state index contributed by atoms with van der Waals surface area (Å²) < 4.78 is 0. The van der Waals surface area contributed by atoms with Crippen LogP contribution in [0.2, 0.25) is 0 Å². The monoisotopic (exact) mass is 296 g/mol. The van der Waals surface area contributed by atoms with Gasteiger partial charge in [0.25, 0.3) is 0 Å². The van der Waals surface area contributed by atoms with Crippen molar-refractivity contribution in [3.05, 3.63) is 36.7 Å². The highest BCUT2D eigenvalue weighted by Gasteiger charge is 2.15. The molecule has 0 atom stereocenters. The number of anilines is 2. The summed E-state index contributed by atoms with van der Waals surface area (Å²) in [5, 5.41) is 18.3. The van der Waals surface area contributed by atoms with Gasteiger partial charge in [-0.15, -0.1) is 0 Å². The van der Waals surface area contributed by atoms with Crippen LogP contribution in [0.25, 0.3) is 0 Å². The Bertz CT molecular complexity index is 673. The molecule has 0 amide bonds. The molecule has 0 unspecified atom stereocenters. The lowest BCUT2D eigenvalue weighted by Gasteiger charge is -2.19. The molecule has 0 saturated carbocycles. The number of benzene rings is 1. The van der Waals surface area contributed by atoms with E-state index in [0.717, 1.165) is 4.90 Å². The van der Waals surface area contributed by atoms with Crippen LogP contribution >= 0.6 is 11.8 Å². The van der Waals surface area contributed by atoms with Gasteiger partial charge >= 0.3 is 0 Å². The van der Waals surface area contributed by atoms with Crippen molar-refractivity contribution < 1.29 is 0 Å². The molecule has 2 aromatic rings. The summed E-state index contributed by atoms with van der Waals surface area (Å²) in [7, 11) is 0. The van der Waals surface area contributed by atoms with Gasteiger partial charge in [-0.2, -0.15) is 10.5 Å². The highest BCUT2D eigenvalue weighted by molar-refractivity contribution is 7.99. The smallest absolute Gasteiger partial charge is 0.158 e. The fourth-order valence-electron chi connectivity index (χ4n) is 1.68. The molecule has 2 rings (SSSR count). The van der Waals surface area contributed by atoms with Gasteiger partial charge in [-0.3, -0.25) is 0 Å². The fraction of sp³-hybridized carbons (Fsp3) is 0.143. The SMILES string of the molecule is N#CCN(CC#N)c1ncnc(Sc2ccccc2)c1N. The van der Waals surface area contributed by atoms with Crippen LogP contribution in [0.1, 0.15) is 0 Å². The van der Waals surface area contributed by atoms with E-state index in [1.807, 2.05) is 42.5 Å². The lowest BCUT2D eigenvalue weighted by Crippen LogP contribution is -2.26. The second-order valence-electron chi connectivity index (χ2n) is 4.00. The van der Waals surface area contributed by atoms with Crippen molar-refractivity contribution in [2.75, 3.05) is 23.7 Å². The van der Waals surface area contributed by atoms with Crippen LogP contribution in [0.5, 0.6) is 0 Å². The molecule has 21 heavy (non-hydrogen) atoms. The van der Waals surface area contributed by atoms with E-state index in [9.17, 15) is 0 Å². The van der Waals surface area contributed by atoms with Gasteiger partial charge in [0, 0.05) is 4.90 Å². The molecule has 2 N–H and O–H groups in total. The van der Waals surface area contributed by atoms with Crippen LogP contribution in [-0.2, 0) is 0 Å². The summed E-state index contributed by atoms with van der Waals surface area (Å²) >= 11 is 1.41. The molecule has 0 spiro atoms. The lowest BCUT2D eigenvalue weighted by atomic mass is 10.4. The third-order valence-corrected chi connectivity index (χ3v) is 3.63. The van der Waals surface area contributed by atoms with Crippen molar-refractivity contribution in [3.8, 4) is 12.1 Å². The van der Waals surface area contributed by atoms with Crippen LogP contribution in [-0.4, -0.2) is 23.1 Å². The molecule has 104 valence electrons. The molecule has 0 saturated heterocycles. The molecular formula is C14H12N6S. The number of rotatable bonds is 5. The number of hydrogen-bond donors (Lipinski definition) is 1. The van der Waals surface area contributed by atoms with Crippen molar-refractivity contribution in [1.29, 1.82) is 10.5 Å². The molecule has 1 aromatic heterocycles. The second-order valence-corrected chi connectivity index (χ2v) is 5.07. The van der Waals surface area contributed by atoms with Gasteiger partial charge in [0.15, 0.2) is 5.82 Å². The molecule has 0 radical (unpaired) electrons. The van der Waals surface area contributed by atoms with Gasteiger partial charge in [0.2, 0.25) is 0 Å². The summed E-state index contributed by atoms with van der Waals surface area (Å²) in [5.74, 6) is 0.409. The standard InChI is InChI=1S/C14H12N6S/c15-6-8-20(9-7-16)13-12(17)14(19-10-18-13)21-11-4-2-1-3-5-11/h1-5,10H,8-9,17H2. The maximum Gasteiger partial charge on any atom is 0.158 e. The summed E-state index contributed by atoms with van der Waals surface area (Å²) in [6, 6.07) is 13.7. The van der Waals surface area contributed by atoms with Gasteiger partial charge in [-0.05, 0) is 12.1 Å². The number of nitrogens with zero attached hydrogens (tertiary/aromatic N) is 5. The van der Waals surface area contributed by atoms with Gasteiger partial charge in [-0.1, -0.05) is 30.0 Å². The Kier molecular flexibility index (Phi) is 4.97. The molecule has 6 nitrogen and oxygen atoms in total. The summed E-state index contributed by atoms with van der Waals surface area (Å²) in [4.78, 5) is 10.8. The average Bonchev–Trinajstić information content (AvgIpc) is 2.50. The van der Waals surface area contributed by atoms with Crippen molar-refractivity contribution in [3.63, 3.8) is 0 Å². The van der Waals surface area contributed by atoms with E-state index in [4.69, 9.17) is 16.3 Å². The lowest BCUT2D eigenvalue weighted by molar-refractivity contribution is 0.912. The molecule has 1 aromatic carbocycles. The van der Waals surface area contributed by atoms with Crippen molar-refractivity contribution in [1.82, 2.24) is 9.97 Å². The minimum atomic E-state index is 0.0459. The Balaban J connectivity index is 2.31. The minimum absolute atomic E-state index is 0.0459. The largest absolute Gasteiger partial charge is 0.394 e. The zero-order chi connectivity index (χ0) is 15.1. The first kappa shape index (κ1) is 14.6. The number of nitriles is 2. The van der Waals surface area contributed by atoms with Crippen LogP contribution < -0.4 is 10.6 Å². The number of hydrogen-bond acceptors (Lipinski definition) is 7. The normalized spacial score (nSPS) is 9.62. The summed E-state index contributed by atoms with van der Waals surface area (Å²) in [6.45, 7) is 0.0917. The van der Waals surface area contributed by atoms with Crippen molar-refractivity contribution >= 4 is 23.3 Å². The first-order chi connectivity index (χ1) is 10.3. The van der Waals surface area contributed by atoms with Crippen LogP contribution in [0.3, 0.4) is 0 Å². The third kappa shape index (κ3) is 3.62. The fourth-order valence-corrected chi connectivity index (χ4v) is 2.50. The second kappa shape index (κ2) is 7.13. The molecular weight excluding hydrogens is 284 g/mol. The molecule has 0 aliphatic carbocycles.